The monoisotopic (exact) mass is 243 g/mol. The molecule has 0 saturated heterocycles. The van der Waals surface area contributed by atoms with Crippen molar-refractivity contribution in [3.8, 4) is 0 Å². The molecule has 2 aromatic rings. The summed E-state index contributed by atoms with van der Waals surface area (Å²) in [5, 5.41) is 2.22. The fourth-order valence-corrected chi connectivity index (χ4v) is 2.25. The first kappa shape index (κ1) is 12.7. The molecule has 0 aliphatic heterocycles. The SMILES string of the molecule is CCCCCN(C)c1ccc(N)c2ccncc12. The first-order valence-corrected chi connectivity index (χ1v) is 6.57. The van der Waals surface area contributed by atoms with E-state index < -0.39 is 0 Å². The van der Waals surface area contributed by atoms with Crippen molar-refractivity contribution in [2.75, 3.05) is 24.2 Å². The van der Waals surface area contributed by atoms with Crippen LogP contribution in [-0.4, -0.2) is 18.6 Å². The minimum atomic E-state index is 0.818. The lowest BCUT2D eigenvalue weighted by atomic mass is 10.1. The Labute approximate surface area is 109 Å². The van der Waals surface area contributed by atoms with E-state index >= 15 is 0 Å². The second kappa shape index (κ2) is 5.71. The fraction of sp³-hybridized carbons (Fsp3) is 0.400. The molecule has 0 saturated carbocycles. The van der Waals surface area contributed by atoms with Crippen LogP contribution >= 0.6 is 0 Å². The molecule has 0 bridgehead atoms. The molecule has 0 aliphatic carbocycles. The van der Waals surface area contributed by atoms with E-state index in [0.717, 1.165) is 23.0 Å². The number of nitrogen functional groups attached to an aromatic ring is 1. The van der Waals surface area contributed by atoms with Crippen LogP contribution in [0.25, 0.3) is 10.8 Å². The molecule has 0 amide bonds. The highest BCUT2D eigenvalue weighted by atomic mass is 15.1. The molecule has 3 nitrogen and oxygen atoms in total. The van der Waals surface area contributed by atoms with Crippen LogP contribution in [-0.2, 0) is 0 Å². The van der Waals surface area contributed by atoms with Gasteiger partial charge in [0, 0.05) is 48.1 Å². The molecule has 0 aliphatic rings. The van der Waals surface area contributed by atoms with E-state index in [1.165, 1.54) is 24.9 Å². The van der Waals surface area contributed by atoms with Gasteiger partial charge in [-0.25, -0.2) is 0 Å². The Kier molecular flexibility index (Phi) is 4.03. The van der Waals surface area contributed by atoms with Crippen LogP contribution in [0.2, 0.25) is 0 Å². The van der Waals surface area contributed by atoms with Gasteiger partial charge in [-0.1, -0.05) is 19.8 Å². The molecule has 18 heavy (non-hydrogen) atoms. The Bertz CT molecular complexity index is 522. The van der Waals surface area contributed by atoms with E-state index in [4.69, 9.17) is 5.73 Å². The highest BCUT2D eigenvalue weighted by Crippen LogP contribution is 2.29. The molecule has 0 atom stereocenters. The molecule has 1 aromatic carbocycles. The van der Waals surface area contributed by atoms with Crippen molar-refractivity contribution in [1.82, 2.24) is 4.98 Å². The van der Waals surface area contributed by atoms with Crippen LogP contribution in [0.1, 0.15) is 26.2 Å². The van der Waals surface area contributed by atoms with Gasteiger partial charge in [-0.05, 0) is 24.6 Å². The van der Waals surface area contributed by atoms with Crippen molar-refractivity contribution in [3.05, 3.63) is 30.6 Å². The van der Waals surface area contributed by atoms with E-state index in [9.17, 15) is 0 Å². The molecule has 1 aromatic heterocycles. The molecular weight excluding hydrogens is 222 g/mol. The van der Waals surface area contributed by atoms with E-state index in [0.29, 0.717) is 0 Å². The van der Waals surface area contributed by atoms with Gasteiger partial charge in [0.25, 0.3) is 0 Å². The summed E-state index contributed by atoms with van der Waals surface area (Å²) in [5.41, 5.74) is 8.03. The summed E-state index contributed by atoms with van der Waals surface area (Å²) in [6.45, 7) is 3.30. The van der Waals surface area contributed by atoms with Crippen molar-refractivity contribution in [2.45, 2.75) is 26.2 Å². The largest absolute Gasteiger partial charge is 0.398 e. The number of anilines is 2. The maximum absolute atomic E-state index is 6.00. The minimum Gasteiger partial charge on any atom is -0.398 e. The lowest BCUT2D eigenvalue weighted by molar-refractivity contribution is 0.706. The topological polar surface area (TPSA) is 42.1 Å². The number of aromatic nitrogens is 1. The Morgan fingerprint density at radius 2 is 2.00 bits per heavy atom. The second-order valence-electron chi connectivity index (χ2n) is 4.72. The first-order valence-electron chi connectivity index (χ1n) is 6.57. The van der Waals surface area contributed by atoms with Crippen LogP contribution in [0.15, 0.2) is 30.6 Å². The first-order chi connectivity index (χ1) is 8.74. The third kappa shape index (κ3) is 2.55. The highest BCUT2D eigenvalue weighted by molar-refractivity contribution is 6.00. The van der Waals surface area contributed by atoms with Gasteiger partial charge in [-0.2, -0.15) is 0 Å². The predicted octanol–water partition coefficient (Wildman–Crippen LogP) is 3.44. The maximum atomic E-state index is 6.00. The van der Waals surface area contributed by atoms with Crippen molar-refractivity contribution in [3.63, 3.8) is 0 Å². The number of hydrogen-bond donors (Lipinski definition) is 1. The van der Waals surface area contributed by atoms with Crippen molar-refractivity contribution in [2.24, 2.45) is 0 Å². The molecule has 0 spiro atoms. The Balaban J connectivity index is 2.30. The maximum Gasteiger partial charge on any atom is 0.0460 e. The lowest BCUT2D eigenvalue weighted by Crippen LogP contribution is -2.18. The zero-order chi connectivity index (χ0) is 13.0. The molecule has 0 unspecified atom stereocenters. The van der Waals surface area contributed by atoms with Gasteiger partial charge >= 0.3 is 0 Å². The predicted molar refractivity (Wildman–Crippen MR) is 79.0 cm³/mol. The van der Waals surface area contributed by atoms with Gasteiger partial charge < -0.3 is 10.6 Å². The summed E-state index contributed by atoms with van der Waals surface area (Å²) in [6.07, 6.45) is 7.43. The van der Waals surface area contributed by atoms with Gasteiger partial charge in [-0.3, -0.25) is 4.98 Å². The molecule has 0 fully saturated rings. The van der Waals surface area contributed by atoms with Crippen molar-refractivity contribution >= 4 is 22.1 Å². The van der Waals surface area contributed by atoms with Gasteiger partial charge in [0.1, 0.15) is 0 Å². The summed E-state index contributed by atoms with van der Waals surface area (Å²) in [7, 11) is 2.13. The van der Waals surface area contributed by atoms with Gasteiger partial charge in [0.05, 0.1) is 0 Å². The Morgan fingerprint density at radius 1 is 1.17 bits per heavy atom. The zero-order valence-electron chi connectivity index (χ0n) is 11.2. The lowest BCUT2D eigenvalue weighted by Gasteiger charge is -2.21. The number of pyridine rings is 1. The smallest absolute Gasteiger partial charge is 0.0460 e. The normalized spacial score (nSPS) is 10.8. The summed E-state index contributed by atoms with van der Waals surface area (Å²) in [4.78, 5) is 6.50. The summed E-state index contributed by atoms with van der Waals surface area (Å²) in [5.74, 6) is 0. The Hall–Kier alpha value is -1.77. The molecule has 1 heterocycles. The fourth-order valence-electron chi connectivity index (χ4n) is 2.25. The van der Waals surface area contributed by atoms with Gasteiger partial charge in [0.15, 0.2) is 0 Å². The number of benzene rings is 1. The average molecular weight is 243 g/mol. The molecule has 0 radical (unpaired) electrons. The highest BCUT2D eigenvalue weighted by Gasteiger charge is 2.07. The molecule has 2 rings (SSSR count). The third-order valence-corrected chi connectivity index (χ3v) is 3.34. The van der Waals surface area contributed by atoms with Crippen LogP contribution in [0.3, 0.4) is 0 Å². The molecule has 2 N–H and O–H groups in total. The van der Waals surface area contributed by atoms with Crippen LogP contribution in [0.5, 0.6) is 0 Å². The quantitative estimate of drug-likeness (QED) is 0.646. The van der Waals surface area contributed by atoms with Gasteiger partial charge in [-0.15, -0.1) is 0 Å². The van der Waals surface area contributed by atoms with Crippen LogP contribution < -0.4 is 10.6 Å². The van der Waals surface area contributed by atoms with E-state index in [2.05, 4.69) is 29.9 Å². The van der Waals surface area contributed by atoms with Crippen molar-refractivity contribution in [1.29, 1.82) is 0 Å². The molecule has 96 valence electrons. The zero-order valence-corrected chi connectivity index (χ0v) is 11.2. The number of nitrogens with two attached hydrogens (primary N) is 1. The second-order valence-corrected chi connectivity index (χ2v) is 4.72. The van der Waals surface area contributed by atoms with E-state index in [1.54, 1.807) is 6.20 Å². The minimum absolute atomic E-state index is 0.818. The Morgan fingerprint density at radius 3 is 2.78 bits per heavy atom. The van der Waals surface area contributed by atoms with Crippen LogP contribution in [0.4, 0.5) is 11.4 Å². The van der Waals surface area contributed by atoms with E-state index in [1.807, 2.05) is 18.3 Å². The average Bonchev–Trinajstić information content (AvgIpc) is 2.39. The summed E-state index contributed by atoms with van der Waals surface area (Å²) < 4.78 is 0. The standard InChI is InChI=1S/C15H21N3/c1-3-4-5-10-18(2)15-7-6-14(16)12-8-9-17-11-13(12)15/h6-9,11H,3-5,10,16H2,1-2H3. The third-order valence-electron chi connectivity index (χ3n) is 3.34. The van der Waals surface area contributed by atoms with E-state index in [-0.39, 0.29) is 0 Å². The summed E-state index contributed by atoms with van der Waals surface area (Å²) >= 11 is 0. The van der Waals surface area contributed by atoms with Crippen molar-refractivity contribution < 1.29 is 0 Å². The number of rotatable bonds is 5. The molecular formula is C15H21N3. The van der Waals surface area contributed by atoms with Gasteiger partial charge in [0.2, 0.25) is 0 Å². The number of fused-ring (bicyclic) bond motifs is 1. The number of nitrogens with zero attached hydrogens (tertiary/aromatic N) is 2. The van der Waals surface area contributed by atoms with Crippen LogP contribution in [0, 0.1) is 0 Å². The number of unbranched alkanes of at least 4 members (excludes halogenated alkanes) is 2. The number of hydrogen-bond acceptors (Lipinski definition) is 3. The molecule has 3 heteroatoms. The summed E-state index contributed by atoms with van der Waals surface area (Å²) in [6, 6.07) is 6.05.